The van der Waals surface area contributed by atoms with Crippen LogP contribution in [0.4, 0.5) is 5.00 Å². The van der Waals surface area contributed by atoms with E-state index >= 15 is 0 Å². The van der Waals surface area contributed by atoms with Crippen LogP contribution in [0.15, 0.2) is 35.7 Å². The highest BCUT2D eigenvalue weighted by Gasteiger charge is 2.01. The minimum Gasteiger partial charge on any atom is -0.493 e. The van der Waals surface area contributed by atoms with Gasteiger partial charge in [-0.1, -0.05) is 26.0 Å². The Labute approximate surface area is 106 Å². The van der Waals surface area contributed by atoms with Gasteiger partial charge in [0, 0.05) is 5.38 Å². The maximum absolute atomic E-state index is 5.72. The molecule has 2 nitrogen and oxygen atoms in total. The second-order valence-electron chi connectivity index (χ2n) is 4.47. The lowest BCUT2D eigenvalue weighted by Crippen LogP contribution is -2.04. The summed E-state index contributed by atoms with van der Waals surface area (Å²) in [4.78, 5) is 0. The fourth-order valence-corrected chi connectivity index (χ4v) is 2.17. The molecule has 0 fully saturated rings. The van der Waals surface area contributed by atoms with E-state index in [4.69, 9.17) is 10.5 Å². The topological polar surface area (TPSA) is 35.2 Å². The molecular weight excluding hydrogens is 230 g/mol. The lowest BCUT2D eigenvalue weighted by atomic mass is 10.1. The zero-order chi connectivity index (χ0) is 12.3. The van der Waals surface area contributed by atoms with Crippen molar-refractivity contribution in [2.45, 2.75) is 13.8 Å². The molecule has 0 atom stereocenters. The van der Waals surface area contributed by atoms with Gasteiger partial charge in [-0.15, -0.1) is 11.3 Å². The number of benzene rings is 1. The zero-order valence-corrected chi connectivity index (χ0v) is 11.0. The summed E-state index contributed by atoms with van der Waals surface area (Å²) < 4.78 is 5.64. The number of hydrogen-bond acceptors (Lipinski definition) is 3. The van der Waals surface area contributed by atoms with E-state index in [2.05, 4.69) is 31.4 Å². The molecule has 1 aromatic carbocycles. The fraction of sp³-hybridized carbons (Fsp3) is 0.286. The van der Waals surface area contributed by atoms with E-state index in [1.54, 1.807) is 11.3 Å². The average molecular weight is 247 g/mol. The summed E-state index contributed by atoms with van der Waals surface area (Å²) in [6.07, 6.45) is 0. The van der Waals surface area contributed by atoms with Crippen molar-refractivity contribution in [1.82, 2.24) is 0 Å². The zero-order valence-electron chi connectivity index (χ0n) is 10.1. The van der Waals surface area contributed by atoms with Gasteiger partial charge in [0.15, 0.2) is 0 Å². The highest BCUT2D eigenvalue weighted by Crippen LogP contribution is 2.28. The van der Waals surface area contributed by atoms with Crippen molar-refractivity contribution < 1.29 is 4.74 Å². The van der Waals surface area contributed by atoms with Gasteiger partial charge in [-0.3, -0.25) is 0 Å². The number of nitrogen functional groups attached to an aromatic ring is 1. The van der Waals surface area contributed by atoms with Gasteiger partial charge >= 0.3 is 0 Å². The quantitative estimate of drug-likeness (QED) is 0.885. The Balaban J connectivity index is 2.07. The Bertz CT molecular complexity index is 473. The summed E-state index contributed by atoms with van der Waals surface area (Å²) in [6.45, 7) is 5.04. The van der Waals surface area contributed by atoms with Crippen molar-refractivity contribution in [3.05, 3.63) is 35.7 Å². The van der Waals surface area contributed by atoms with E-state index in [1.165, 1.54) is 11.1 Å². The molecule has 17 heavy (non-hydrogen) atoms. The van der Waals surface area contributed by atoms with E-state index in [-0.39, 0.29) is 0 Å². The smallest absolute Gasteiger partial charge is 0.119 e. The van der Waals surface area contributed by atoms with Crippen LogP contribution in [0.25, 0.3) is 11.1 Å². The fourth-order valence-electron chi connectivity index (χ4n) is 1.51. The van der Waals surface area contributed by atoms with Crippen LogP contribution in [0, 0.1) is 5.92 Å². The van der Waals surface area contributed by atoms with Crippen LogP contribution in [-0.4, -0.2) is 6.61 Å². The summed E-state index contributed by atoms with van der Waals surface area (Å²) in [6, 6.07) is 10.1. The Morgan fingerprint density at radius 2 is 1.88 bits per heavy atom. The second-order valence-corrected chi connectivity index (χ2v) is 5.41. The number of anilines is 1. The minimum absolute atomic E-state index is 0.548. The Morgan fingerprint density at radius 3 is 2.41 bits per heavy atom. The first-order chi connectivity index (χ1) is 8.15. The van der Waals surface area contributed by atoms with E-state index in [0.29, 0.717) is 5.92 Å². The average Bonchev–Trinajstić information content (AvgIpc) is 2.74. The second kappa shape index (κ2) is 5.23. The SMILES string of the molecule is CC(C)COc1ccc(-c2csc(N)c2)cc1. The van der Waals surface area contributed by atoms with Crippen LogP contribution in [-0.2, 0) is 0 Å². The molecule has 1 heterocycles. The van der Waals surface area contributed by atoms with Gasteiger partial charge in [0.25, 0.3) is 0 Å². The molecule has 2 N–H and O–H groups in total. The molecule has 0 spiro atoms. The molecule has 0 saturated heterocycles. The summed E-state index contributed by atoms with van der Waals surface area (Å²) >= 11 is 1.56. The molecule has 0 unspecified atom stereocenters. The predicted molar refractivity (Wildman–Crippen MR) is 74.5 cm³/mol. The highest BCUT2D eigenvalue weighted by atomic mass is 32.1. The summed E-state index contributed by atoms with van der Waals surface area (Å²) in [5.41, 5.74) is 8.07. The van der Waals surface area contributed by atoms with Crippen molar-refractivity contribution >= 4 is 16.3 Å². The number of hydrogen-bond donors (Lipinski definition) is 1. The number of rotatable bonds is 4. The lowest BCUT2D eigenvalue weighted by molar-refractivity contribution is 0.271. The minimum atomic E-state index is 0.548. The van der Waals surface area contributed by atoms with Crippen molar-refractivity contribution in [3.8, 4) is 16.9 Å². The van der Waals surface area contributed by atoms with Crippen LogP contribution < -0.4 is 10.5 Å². The van der Waals surface area contributed by atoms with Gasteiger partial charge in [-0.05, 0) is 35.2 Å². The van der Waals surface area contributed by atoms with Crippen LogP contribution >= 0.6 is 11.3 Å². The molecule has 2 rings (SSSR count). The van der Waals surface area contributed by atoms with Gasteiger partial charge in [0.2, 0.25) is 0 Å². The van der Waals surface area contributed by atoms with Crippen LogP contribution in [0.3, 0.4) is 0 Å². The molecule has 90 valence electrons. The molecule has 0 aliphatic rings. The maximum atomic E-state index is 5.72. The standard InChI is InChI=1S/C14H17NOS/c1-10(2)8-16-13-5-3-11(4-6-13)12-7-14(15)17-9-12/h3-7,9-10H,8,15H2,1-2H3. The first-order valence-corrected chi connectivity index (χ1v) is 6.60. The van der Waals surface area contributed by atoms with Gasteiger partial charge in [0.05, 0.1) is 11.6 Å². The van der Waals surface area contributed by atoms with Crippen molar-refractivity contribution in [1.29, 1.82) is 0 Å². The lowest BCUT2D eigenvalue weighted by Gasteiger charge is -2.08. The third-order valence-electron chi connectivity index (χ3n) is 2.39. The number of nitrogens with two attached hydrogens (primary N) is 1. The van der Waals surface area contributed by atoms with Crippen molar-refractivity contribution in [2.75, 3.05) is 12.3 Å². The summed E-state index contributed by atoms with van der Waals surface area (Å²) in [5, 5.41) is 2.92. The van der Waals surface area contributed by atoms with Crippen molar-refractivity contribution in [3.63, 3.8) is 0 Å². The van der Waals surface area contributed by atoms with E-state index in [0.717, 1.165) is 17.4 Å². The maximum Gasteiger partial charge on any atom is 0.119 e. The third kappa shape index (κ3) is 3.24. The number of ether oxygens (including phenoxy) is 1. The van der Waals surface area contributed by atoms with Gasteiger partial charge in [-0.25, -0.2) is 0 Å². The third-order valence-corrected chi connectivity index (χ3v) is 3.15. The van der Waals surface area contributed by atoms with Crippen LogP contribution in [0.2, 0.25) is 0 Å². The molecule has 3 heteroatoms. The normalized spacial score (nSPS) is 10.8. The molecule has 0 aliphatic carbocycles. The van der Waals surface area contributed by atoms with E-state index in [9.17, 15) is 0 Å². The Hall–Kier alpha value is -1.48. The van der Waals surface area contributed by atoms with Crippen LogP contribution in [0.5, 0.6) is 5.75 Å². The van der Waals surface area contributed by atoms with E-state index < -0.39 is 0 Å². The van der Waals surface area contributed by atoms with Gasteiger partial charge in [-0.2, -0.15) is 0 Å². The highest BCUT2D eigenvalue weighted by molar-refractivity contribution is 7.14. The largest absolute Gasteiger partial charge is 0.493 e. The van der Waals surface area contributed by atoms with E-state index in [1.807, 2.05) is 18.2 Å². The molecule has 0 aliphatic heterocycles. The number of thiophene rings is 1. The van der Waals surface area contributed by atoms with Gasteiger partial charge in [0.1, 0.15) is 5.75 Å². The molecular formula is C14H17NOS. The van der Waals surface area contributed by atoms with Crippen molar-refractivity contribution in [2.24, 2.45) is 5.92 Å². The predicted octanol–water partition coefficient (Wildman–Crippen LogP) is 4.03. The molecule has 0 bridgehead atoms. The monoisotopic (exact) mass is 247 g/mol. The Kier molecular flexibility index (Phi) is 3.69. The van der Waals surface area contributed by atoms with Gasteiger partial charge < -0.3 is 10.5 Å². The van der Waals surface area contributed by atoms with Crippen LogP contribution in [0.1, 0.15) is 13.8 Å². The Morgan fingerprint density at radius 1 is 1.18 bits per heavy atom. The molecule has 0 saturated carbocycles. The first-order valence-electron chi connectivity index (χ1n) is 5.72. The molecule has 0 amide bonds. The molecule has 0 radical (unpaired) electrons. The molecule has 2 aromatic rings. The summed E-state index contributed by atoms with van der Waals surface area (Å²) in [5.74, 6) is 1.47. The first kappa shape index (κ1) is 12.0. The molecule has 1 aromatic heterocycles. The summed E-state index contributed by atoms with van der Waals surface area (Å²) in [7, 11) is 0.